The first-order chi connectivity index (χ1) is 6.02. The molecule has 1 unspecified atom stereocenters. The van der Waals surface area contributed by atoms with Gasteiger partial charge in [0.25, 0.3) is 0 Å². The third-order valence-electron chi connectivity index (χ3n) is 2.91. The van der Waals surface area contributed by atoms with E-state index in [1.165, 1.54) is 0 Å². The summed E-state index contributed by atoms with van der Waals surface area (Å²) < 4.78 is 0. The van der Waals surface area contributed by atoms with Crippen LogP contribution < -0.4 is 11.1 Å². The summed E-state index contributed by atoms with van der Waals surface area (Å²) in [7, 11) is 1.66. The molecule has 13 heavy (non-hydrogen) atoms. The molecule has 1 amide bonds. The average Bonchev–Trinajstić information content (AvgIpc) is 2.10. The molecule has 1 aliphatic heterocycles. The highest BCUT2D eigenvalue weighted by molar-refractivity contribution is 5.81. The first kappa shape index (κ1) is 10.5. The Morgan fingerprint density at radius 2 is 2.23 bits per heavy atom. The Bertz CT molecular complexity index is 199. The number of carbonyl (C=O) groups excluding carboxylic acids is 1. The minimum absolute atomic E-state index is 0.0479. The maximum absolute atomic E-state index is 11.3. The van der Waals surface area contributed by atoms with Gasteiger partial charge in [-0.3, -0.25) is 9.69 Å². The first-order valence-corrected chi connectivity index (χ1v) is 4.77. The van der Waals surface area contributed by atoms with Crippen LogP contribution in [0.5, 0.6) is 0 Å². The van der Waals surface area contributed by atoms with Crippen molar-refractivity contribution in [1.82, 2.24) is 10.2 Å². The lowest BCUT2D eigenvalue weighted by molar-refractivity contribution is -0.128. The lowest BCUT2D eigenvalue weighted by Gasteiger charge is -2.49. The van der Waals surface area contributed by atoms with E-state index in [1.807, 2.05) is 6.92 Å². The Labute approximate surface area is 79.5 Å². The normalized spacial score (nSPS) is 23.4. The van der Waals surface area contributed by atoms with E-state index in [2.05, 4.69) is 17.1 Å². The van der Waals surface area contributed by atoms with E-state index < -0.39 is 0 Å². The van der Waals surface area contributed by atoms with Gasteiger partial charge in [-0.05, 0) is 13.3 Å². The zero-order chi connectivity index (χ0) is 10.1. The molecule has 3 N–H and O–H groups in total. The Morgan fingerprint density at radius 3 is 2.62 bits per heavy atom. The molecule has 4 nitrogen and oxygen atoms in total. The summed E-state index contributed by atoms with van der Waals surface area (Å²) in [4.78, 5) is 13.4. The fourth-order valence-electron chi connectivity index (χ4n) is 1.63. The molecule has 0 bridgehead atoms. The van der Waals surface area contributed by atoms with Gasteiger partial charge >= 0.3 is 0 Å². The monoisotopic (exact) mass is 185 g/mol. The number of likely N-dealkylation sites (tertiary alicyclic amines) is 1. The number of rotatable bonds is 3. The summed E-state index contributed by atoms with van der Waals surface area (Å²) in [5.74, 6) is 0.0677. The molecule has 1 heterocycles. The number of likely N-dealkylation sites (N-methyl/N-ethyl adjacent to an activating group) is 1. The molecule has 1 aliphatic rings. The van der Waals surface area contributed by atoms with Crippen LogP contribution in [0.1, 0.15) is 20.3 Å². The lowest BCUT2D eigenvalue weighted by atomic mass is 9.87. The molecule has 0 aromatic carbocycles. The van der Waals surface area contributed by atoms with Crippen LogP contribution in [0.3, 0.4) is 0 Å². The van der Waals surface area contributed by atoms with Gasteiger partial charge in [0.1, 0.15) is 0 Å². The minimum Gasteiger partial charge on any atom is -0.358 e. The predicted octanol–water partition coefficient (Wildman–Crippen LogP) is -0.456. The van der Waals surface area contributed by atoms with Gasteiger partial charge in [-0.25, -0.2) is 0 Å². The van der Waals surface area contributed by atoms with Gasteiger partial charge in [-0.1, -0.05) is 6.92 Å². The van der Waals surface area contributed by atoms with Crippen molar-refractivity contribution in [3.8, 4) is 0 Å². The van der Waals surface area contributed by atoms with Gasteiger partial charge in [0.2, 0.25) is 5.91 Å². The molecule has 0 radical (unpaired) electrons. The Hall–Kier alpha value is -0.610. The number of nitrogens with two attached hydrogens (primary N) is 1. The summed E-state index contributed by atoms with van der Waals surface area (Å²) >= 11 is 0. The molecular formula is C9H19N3O. The highest BCUT2D eigenvalue weighted by atomic mass is 16.2. The minimum atomic E-state index is -0.0533. The number of hydrogen-bond acceptors (Lipinski definition) is 3. The Morgan fingerprint density at radius 1 is 1.69 bits per heavy atom. The van der Waals surface area contributed by atoms with Crippen molar-refractivity contribution in [2.45, 2.75) is 31.8 Å². The fourth-order valence-corrected chi connectivity index (χ4v) is 1.63. The van der Waals surface area contributed by atoms with Crippen molar-refractivity contribution >= 4 is 5.91 Å². The molecule has 0 aromatic heterocycles. The molecule has 1 rings (SSSR count). The van der Waals surface area contributed by atoms with Gasteiger partial charge < -0.3 is 11.1 Å². The first-order valence-electron chi connectivity index (χ1n) is 4.77. The molecule has 0 aromatic rings. The van der Waals surface area contributed by atoms with Gasteiger partial charge in [0, 0.05) is 25.7 Å². The van der Waals surface area contributed by atoms with Crippen molar-refractivity contribution in [1.29, 1.82) is 0 Å². The Kier molecular flexibility index (Phi) is 2.93. The van der Waals surface area contributed by atoms with Crippen molar-refractivity contribution in [2.24, 2.45) is 5.73 Å². The van der Waals surface area contributed by atoms with Crippen molar-refractivity contribution < 1.29 is 4.79 Å². The number of carbonyl (C=O) groups is 1. The molecule has 76 valence electrons. The van der Waals surface area contributed by atoms with E-state index >= 15 is 0 Å². The highest BCUT2D eigenvalue weighted by Crippen LogP contribution is 2.23. The van der Waals surface area contributed by atoms with Crippen LogP contribution in [0.2, 0.25) is 0 Å². The number of amides is 1. The topological polar surface area (TPSA) is 58.4 Å². The standard InChI is InChI=1S/C9H19N3O/c1-4-9(10)5-12(6-9)7(2)8(13)11-3/h7H,4-6,10H2,1-3H3,(H,11,13). The average molecular weight is 185 g/mol. The molecule has 0 aliphatic carbocycles. The smallest absolute Gasteiger partial charge is 0.236 e. The zero-order valence-corrected chi connectivity index (χ0v) is 8.63. The van der Waals surface area contributed by atoms with E-state index in [-0.39, 0.29) is 17.5 Å². The second-order valence-corrected chi connectivity index (χ2v) is 3.91. The number of nitrogens with one attached hydrogen (secondary N) is 1. The van der Waals surface area contributed by atoms with Crippen LogP contribution in [0.25, 0.3) is 0 Å². The molecule has 1 saturated heterocycles. The van der Waals surface area contributed by atoms with E-state index in [0.717, 1.165) is 19.5 Å². The SMILES string of the molecule is CCC1(N)CN(C(C)C(=O)NC)C1. The summed E-state index contributed by atoms with van der Waals surface area (Å²) in [5, 5.41) is 2.64. The highest BCUT2D eigenvalue weighted by Gasteiger charge is 2.41. The van der Waals surface area contributed by atoms with Crippen LogP contribution in [0.4, 0.5) is 0 Å². The van der Waals surface area contributed by atoms with Crippen molar-refractivity contribution in [3.63, 3.8) is 0 Å². The predicted molar refractivity (Wildman–Crippen MR) is 52.3 cm³/mol. The zero-order valence-electron chi connectivity index (χ0n) is 8.63. The van der Waals surface area contributed by atoms with Crippen molar-refractivity contribution in [2.75, 3.05) is 20.1 Å². The maximum Gasteiger partial charge on any atom is 0.236 e. The molecular weight excluding hydrogens is 166 g/mol. The summed E-state index contributed by atoms with van der Waals surface area (Å²) in [6, 6.07) is -0.0479. The van der Waals surface area contributed by atoms with Gasteiger partial charge in [0.05, 0.1) is 6.04 Å². The molecule has 1 fully saturated rings. The molecule has 1 atom stereocenters. The lowest BCUT2D eigenvalue weighted by Crippen LogP contribution is -2.70. The number of hydrogen-bond donors (Lipinski definition) is 2. The van der Waals surface area contributed by atoms with E-state index in [0.29, 0.717) is 0 Å². The van der Waals surface area contributed by atoms with Crippen molar-refractivity contribution in [3.05, 3.63) is 0 Å². The van der Waals surface area contributed by atoms with E-state index in [1.54, 1.807) is 7.05 Å². The third-order valence-corrected chi connectivity index (χ3v) is 2.91. The van der Waals surface area contributed by atoms with Crippen LogP contribution >= 0.6 is 0 Å². The summed E-state index contributed by atoms with van der Waals surface area (Å²) in [6.07, 6.45) is 0.976. The molecule has 4 heteroatoms. The molecule has 0 saturated carbocycles. The van der Waals surface area contributed by atoms with Crippen LogP contribution in [-0.2, 0) is 4.79 Å². The van der Waals surface area contributed by atoms with Gasteiger partial charge in [-0.15, -0.1) is 0 Å². The Balaban J connectivity index is 2.39. The quantitative estimate of drug-likeness (QED) is 0.626. The van der Waals surface area contributed by atoms with Crippen LogP contribution in [-0.4, -0.2) is 42.5 Å². The largest absolute Gasteiger partial charge is 0.358 e. The van der Waals surface area contributed by atoms with Crippen LogP contribution in [0.15, 0.2) is 0 Å². The summed E-state index contributed by atoms with van der Waals surface area (Å²) in [5.41, 5.74) is 5.95. The summed E-state index contributed by atoms with van der Waals surface area (Å²) in [6.45, 7) is 5.66. The third kappa shape index (κ3) is 2.00. The molecule has 0 spiro atoms. The number of nitrogens with zero attached hydrogens (tertiary/aromatic N) is 1. The fraction of sp³-hybridized carbons (Fsp3) is 0.889. The van der Waals surface area contributed by atoms with Crippen LogP contribution in [0, 0.1) is 0 Å². The van der Waals surface area contributed by atoms with E-state index in [4.69, 9.17) is 5.73 Å². The second-order valence-electron chi connectivity index (χ2n) is 3.91. The van der Waals surface area contributed by atoms with Gasteiger partial charge in [0.15, 0.2) is 0 Å². The van der Waals surface area contributed by atoms with Gasteiger partial charge in [-0.2, -0.15) is 0 Å². The maximum atomic E-state index is 11.3. The van der Waals surface area contributed by atoms with E-state index in [9.17, 15) is 4.79 Å². The second kappa shape index (κ2) is 3.64.